The lowest BCUT2D eigenvalue weighted by molar-refractivity contribution is -0.140. The highest BCUT2D eigenvalue weighted by atomic mass is 35.5. The lowest BCUT2D eigenvalue weighted by Crippen LogP contribution is -2.53. The number of amides is 2. The predicted octanol–water partition coefficient (Wildman–Crippen LogP) is 4.54. The molecule has 0 spiro atoms. The van der Waals surface area contributed by atoms with Crippen LogP contribution in [0.15, 0.2) is 72.8 Å². The summed E-state index contributed by atoms with van der Waals surface area (Å²) in [6, 6.07) is 19.8. The van der Waals surface area contributed by atoms with Gasteiger partial charge in [0, 0.05) is 29.6 Å². The van der Waals surface area contributed by atoms with Crippen molar-refractivity contribution in [1.82, 2.24) is 10.2 Å². The molecule has 3 aromatic carbocycles. The SMILES string of the molecule is CCNC(=O)[C@H](Cc1ccccc1)N(Cc1cccc(OC)c1)C(=O)CN(c1cc(Cl)cc(Cl)c1)S(C)(=O)=O. The molecule has 0 aliphatic heterocycles. The van der Waals surface area contributed by atoms with Crippen molar-refractivity contribution in [2.24, 2.45) is 0 Å². The topological polar surface area (TPSA) is 96.0 Å². The van der Waals surface area contributed by atoms with Crippen molar-refractivity contribution in [2.45, 2.75) is 25.9 Å². The molecule has 0 heterocycles. The van der Waals surface area contributed by atoms with Crippen LogP contribution in [0, 0.1) is 0 Å². The van der Waals surface area contributed by atoms with Crippen molar-refractivity contribution in [3.63, 3.8) is 0 Å². The van der Waals surface area contributed by atoms with E-state index in [9.17, 15) is 18.0 Å². The van der Waals surface area contributed by atoms with Crippen LogP contribution in [-0.2, 0) is 32.6 Å². The summed E-state index contributed by atoms with van der Waals surface area (Å²) in [5.74, 6) is -0.343. The maximum Gasteiger partial charge on any atom is 0.244 e. The first-order valence-electron chi connectivity index (χ1n) is 12.2. The van der Waals surface area contributed by atoms with E-state index in [0.29, 0.717) is 17.9 Å². The zero-order valence-electron chi connectivity index (χ0n) is 21.9. The van der Waals surface area contributed by atoms with E-state index in [0.717, 1.165) is 16.1 Å². The number of nitrogens with zero attached hydrogens (tertiary/aromatic N) is 2. The summed E-state index contributed by atoms with van der Waals surface area (Å²) in [6.45, 7) is 1.63. The van der Waals surface area contributed by atoms with Crippen LogP contribution in [0.4, 0.5) is 5.69 Å². The van der Waals surface area contributed by atoms with Crippen LogP contribution in [0.3, 0.4) is 0 Å². The Morgan fingerprint density at radius 2 is 1.59 bits per heavy atom. The Labute approximate surface area is 239 Å². The molecule has 0 aromatic heterocycles. The second-order valence-electron chi connectivity index (χ2n) is 8.87. The quantitative estimate of drug-likeness (QED) is 0.333. The van der Waals surface area contributed by atoms with Gasteiger partial charge in [0.1, 0.15) is 18.3 Å². The molecular formula is C28H31Cl2N3O5S. The Morgan fingerprint density at radius 1 is 0.949 bits per heavy atom. The van der Waals surface area contributed by atoms with E-state index in [4.69, 9.17) is 27.9 Å². The zero-order chi connectivity index (χ0) is 28.6. The Morgan fingerprint density at radius 3 is 2.18 bits per heavy atom. The van der Waals surface area contributed by atoms with E-state index in [-0.39, 0.29) is 34.6 Å². The summed E-state index contributed by atoms with van der Waals surface area (Å²) < 4.78 is 31.9. The van der Waals surface area contributed by atoms with Gasteiger partial charge in [-0.3, -0.25) is 13.9 Å². The molecule has 0 fully saturated rings. The predicted molar refractivity (Wildman–Crippen MR) is 155 cm³/mol. The maximum absolute atomic E-state index is 14.0. The van der Waals surface area contributed by atoms with Crippen molar-refractivity contribution in [3.8, 4) is 5.75 Å². The monoisotopic (exact) mass is 591 g/mol. The van der Waals surface area contributed by atoms with Crippen LogP contribution in [0.2, 0.25) is 10.0 Å². The number of ether oxygens (including phenoxy) is 1. The highest BCUT2D eigenvalue weighted by Gasteiger charge is 2.33. The van der Waals surface area contributed by atoms with Gasteiger partial charge in [0.05, 0.1) is 19.1 Å². The standard InChI is InChI=1S/C28H31Cl2N3O5S/c1-4-31-28(35)26(14-20-9-6-5-7-10-20)32(18-21-11-8-12-25(13-21)38-2)27(34)19-33(39(3,36)37)24-16-22(29)15-23(30)17-24/h5-13,15-17,26H,4,14,18-19H2,1-3H3,(H,31,35)/t26-/m0/s1. The molecule has 0 aliphatic carbocycles. The smallest absolute Gasteiger partial charge is 0.244 e. The summed E-state index contributed by atoms with van der Waals surface area (Å²) in [5.41, 5.74) is 1.70. The van der Waals surface area contributed by atoms with Gasteiger partial charge >= 0.3 is 0 Å². The number of halogens is 2. The van der Waals surface area contributed by atoms with Crippen molar-refractivity contribution in [2.75, 3.05) is 30.8 Å². The summed E-state index contributed by atoms with van der Waals surface area (Å²) in [7, 11) is -2.39. The van der Waals surface area contributed by atoms with Crippen molar-refractivity contribution in [1.29, 1.82) is 0 Å². The van der Waals surface area contributed by atoms with E-state index < -0.39 is 28.5 Å². The fourth-order valence-electron chi connectivity index (χ4n) is 4.11. The molecule has 2 amide bonds. The average Bonchev–Trinajstić information content (AvgIpc) is 2.88. The highest BCUT2D eigenvalue weighted by Crippen LogP contribution is 2.28. The minimum Gasteiger partial charge on any atom is -0.497 e. The van der Waals surface area contributed by atoms with Gasteiger partial charge in [-0.2, -0.15) is 0 Å². The van der Waals surface area contributed by atoms with Gasteiger partial charge in [0.15, 0.2) is 0 Å². The molecule has 39 heavy (non-hydrogen) atoms. The number of rotatable bonds is 12. The Kier molecular flexibility index (Phi) is 10.6. The van der Waals surface area contributed by atoms with Crippen LogP contribution in [-0.4, -0.2) is 57.6 Å². The summed E-state index contributed by atoms with van der Waals surface area (Å²) in [4.78, 5) is 28.7. The van der Waals surface area contributed by atoms with E-state index in [1.165, 1.54) is 30.2 Å². The number of carbonyl (C=O) groups is 2. The first-order valence-corrected chi connectivity index (χ1v) is 14.8. The number of likely N-dealkylation sites (N-methyl/N-ethyl adjacent to an activating group) is 1. The molecule has 1 N–H and O–H groups in total. The fourth-order valence-corrected chi connectivity index (χ4v) is 5.46. The molecule has 8 nitrogen and oxygen atoms in total. The van der Waals surface area contributed by atoms with Gasteiger partial charge in [-0.15, -0.1) is 0 Å². The van der Waals surface area contributed by atoms with E-state index in [1.807, 2.05) is 36.4 Å². The van der Waals surface area contributed by atoms with E-state index in [1.54, 1.807) is 25.1 Å². The van der Waals surface area contributed by atoms with Crippen LogP contribution < -0.4 is 14.4 Å². The third-order valence-corrected chi connectivity index (χ3v) is 7.50. The minimum atomic E-state index is -3.93. The number of methoxy groups -OCH3 is 1. The van der Waals surface area contributed by atoms with Crippen LogP contribution in [0.25, 0.3) is 0 Å². The normalized spacial score (nSPS) is 11.9. The van der Waals surface area contributed by atoms with Crippen LogP contribution in [0.1, 0.15) is 18.1 Å². The molecule has 0 saturated carbocycles. The largest absolute Gasteiger partial charge is 0.497 e. The van der Waals surface area contributed by atoms with Crippen LogP contribution in [0.5, 0.6) is 5.75 Å². The molecule has 3 rings (SSSR count). The first-order chi connectivity index (χ1) is 18.5. The Hall–Kier alpha value is -3.27. The average molecular weight is 593 g/mol. The van der Waals surface area contributed by atoms with Gasteiger partial charge in [0.2, 0.25) is 21.8 Å². The lowest BCUT2D eigenvalue weighted by Gasteiger charge is -2.33. The summed E-state index contributed by atoms with van der Waals surface area (Å²) >= 11 is 12.3. The number of hydrogen-bond donors (Lipinski definition) is 1. The molecule has 0 unspecified atom stereocenters. The number of benzene rings is 3. The van der Waals surface area contributed by atoms with Crippen molar-refractivity contribution < 1.29 is 22.7 Å². The number of hydrogen-bond acceptors (Lipinski definition) is 5. The second-order valence-corrected chi connectivity index (χ2v) is 11.7. The minimum absolute atomic E-state index is 0.0402. The van der Waals surface area contributed by atoms with Crippen molar-refractivity contribution >= 4 is 50.7 Å². The van der Waals surface area contributed by atoms with Gasteiger partial charge in [0.25, 0.3) is 0 Å². The zero-order valence-corrected chi connectivity index (χ0v) is 24.3. The van der Waals surface area contributed by atoms with Crippen molar-refractivity contribution in [3.05, 3.63) is 94.0 Å². The number of carbonyl (C=O) groups excluding carboxylic acids is 2. The Balaban J connectivity index is 2.07. The maximum atomic E-state index is 14.0. The fraction of sp³-hybridized carbons (Fsp3) is 0.286. The number of sulfonamides is 1. The third kappa shape index (κ3) is 8.61. The van der Waals surface area contributed by atoms with E-state index in [2.05, 4.69) is 5.32 Å². The molecule has 0 saturated heterocycles. The number of nitrogens with one attached hydrogen (secondary N) is 1. The van der Waals surface area contributed by atoms with Gasteiger partial charge < -0.3 is 15.0 Å². The second kappa shape index (κ2) is 13.7. The number of anilines is 1. The molecule has 1 atom stereocenters. The Bertz CT molecular complexity index is 1380. The van der Waals surface area contributed by atoms with Gasteiger partial charge in [-0.1, -0.05) is 65.7 Å². The third-order valence-electron chi connectivity index (χ3n) is 5.92. The summed E-state index contributed by atoms with van der Waals surface area (Å²) in [6.07, 6.45) is 1.22. The molecule has 11 heteroatoms. The van der Waals surface area contributed by atoms with Gasteiger partial charge in [-0.25, -0.2) is 8.42 Å². The molecule has 0 radical (unpaired) electrons. The summed E-state index contributed by atoms with van der Waals surface area (Å²) in [5, 5.41) is 3.25. The molecule has 0 bridgehead atoms. The highest BCUT2D eigenvalue weighted by molar-refractivity contribution is 7.92. The van der Waals surface area contributed by atoms with E-state index >= 15 is 0 Å². The molecular weight excluding hydrogens is 561 g/mol. The lowest BCUT2D eigenvalue weighted by atomic mass is 10.0. The van der Waals surface area contributed by atoms with Gasteiger partial charge in [-0.05, 0) is 48.4 Å². The molecule has 208 valence electrons. The van der Waals surface area contributed by atoms with Crippen LogP contribution >= 0.6 is 23.2 Å². The molecule has 3 aromatic rings. The first kappa shape index (κ1) is 30.3. The molecule has 0 aliphatic rings.